The first-order valence-corrected chi connectivity index (χ1v) is 31.2. The van der Waals surface area contributed by atoms with E-state index in [1.165, 1.54) is 13.8 Å². The first-order chi connectivity index (χ1) is 44.0. The Bertz CT molecular complexity index is 2300. The average molecular weight is 1330 g/mol. The number of carbonyl (C=O) groups is 8. The number of carbonyl (C=O) groups excluding carboxylic acids is 8. The Morgan fingerprint density at radius 2 is 0.783 bits per heavy atom. The third kappa shape index (κ3) is 30.9. The number of esters is 1. The Morgan fingerprint density at radius 3 is 1.17 bits per heavy atom. The molecular formula is C59H94F5N7O21. The van der Waals surface area contributed by atoms with Crippen LogP contribution >= 0.6 is 0 Å². The molecule has 2 fully saturated rings. The van der Waals surface area contributed by atoms with Crippen LogP contribution in [0.3, 0.4) is 0 Å². The van der Waals surface area contributed by atoms with Gasteiger partial charge < -0.3 is 101 Å². The Balaban J connectivity index is 1.32. The molecule has 2 heterocycles. The molecule has 28 nitrogen and oxygen atoms in total. The van der Waals surface area contributed by atoms with Gasteiger partial charge in [0, 0.05) is 91.8 Å². The number of ether oxygens (including phenoxy) is 7. The van der Waals surface area contributed by atoms with Gasteiger partial charge in [0.05, 0.1) is 45.7 Å². The van der Waals surface area contributed by atoms with E-state index in [-0.39, 0.29) is 140 Å². The van der Waals surface area contributed by atoms with Crippen molar-refractivity contribution in [1.82, 2.24) is 37.2 Å². The molecule has 1 aromatic rings. The van der Waals surface area contributed by atoms with Crippen molar-refractivity contribution in [3.63, 3.8) is 0 Å². The molecule has 13 N–H and O–H groups in total. The molecule has 7 amide bonds. The van der Waals surface area contributed by atoms with Gasteiger partial charge in [-0.05, 0) is 51.4 Å². The van der Waals surface area contributed by atoms with Gasteiger partial charge in [-0.3, -0.25) is 38.4 Å². The molecule has 0 aromatic heterocycles. The van der Waals surface area contributed by atoms with Gasteiger partial charge in [-0.15, -0.1) is 0 Å². The summed E-state index contributed by atoms with van der Waals surface area (Å²) in [6.45, 7) is 2.50. The number of hydrogen-bond acceptors (Lipinski definition) is 21. The standard InChI is InChI=1S/C59H94F5N7O21/c1-35(74)69-51-55(84)53(82)38(31-72)90-58(51)88-27-13-11-17-40(76)65-23-15-25-67-42(78)21-29-86-33-37(71-44(80)19-9-7-5-3-4-6-8-10-20-45(81)92-57-49(63)47(61)46(60)48(62)50(57)64)34-87-30-22-43(79)68-26-16-24-66-41(77)18-12-14-28-89-59-52(70-36(2)75)56(85)54(83)39(32-73)91-59/h37-39,51-56,58-59,72-73,82-85H,3-34H2,1-2H3,(H,65,76)(H,66,77)(H,67,78)(H,68,79)(H,69,74)(H,70,75)(H,71,80)/t38-,39-,51-,52-,53+,54+,55-,56-,58-,59-/m1/s1. The van der Waals surface area contributed by atoms with Crippen LogP contribution in [0.1, 0.15) is 142 Å². The zero-order valence-electron chi connectivity index (χ0n) is 52.2. The van der Waals surface area contributed by atoms with Crippen molar-refractivity contribution in [2.75, 3.05) is 79.0 Å². The second-order valence-electron chi connectivity index (χ2n) is 22.2. The van der Waals surface area contributed by atoms with Gasteiger partial charge in [-0.1, -0.05) is 38.5 Å². The number of nitrogens with one attached hydrogen (secondary N) is 7. The van der Waals surface area contributed by atoms with Gasteiger partial charge in [0.25, 0.3) is 0 Å². The van der Waals surface area contributed by atoms with Crippen molar-refractivity contribution >= 4 is 47.3 Å². The molecule has 10 atom stereocenters. The van der Waals surface area contributed by atoms with Crippen LogP contribution in [0.2, 0.25) is 0 Å². The Morgan fingerprint density at radius 1 is 0.435 bits per heavy atom. The smallest absolute Gasteiger partial charge is 0.311 e. The minimum atomic E-state index is -2.36. The molecule has 3 rings (SSSR count). The molecule has 0 aliphatic carbocycles. The summed E-state index contributed by atoms with van der Waals surface area (Å²) in [4.78, 5) is 98.2. The molecule has 0 spiro atoms. The van der Waals surface area contributed by atoms with Crippen LogP contribution < -0.4 is 42.0 Å². The lowest BCUT2D eigenvalue weighted by molar-refractivity contribution is -0.270. The highest BCUT2D eigenvalue weighted by molar-refractivity contribution is 5.78. The molecule has 0 radical (unpaired) electrons. The van der Waals surface area contributed by atoms with Crippen LogP contribution in [-0.2, 0) is 66.8 Å². The summed E-state index contributed by atoms with van der Waals surface area (Å²) in [5.41, 5.74) is 0. The van der Waals surface area contributed by atoms with Crippen LogP contribution in [0.5, 0.6) is 5.75 Å². The summed E-state index contributed by atoms with van der Waals surface area (Å²) in [5.74, 6) is -16.4. The second kappa shape index (κ2) is 45.5. The van der Waals surface area contributed by atoms with E-state index < -0.39 is 133 Å². The fourth-order valence-corrected chi connectivity index (χ4v) is 9.51. The number of benzene rings is 1. The van der Waals surface area contributed by atoms with Crippen molar-refractivity contribution in [3.8, 4) is 5.75 Å². The summed E-state index contributed by atoms with van der Waals surface area (Å²) in [6, 6.07) is -2.80. The molecule has 2 aliphatic rings. The largest absolute Gasteiger partial charge is 0.420 e. The minimum absolute atomic E-state index is 0.00445. The van der Waals surface area contributed by atoms with Gasteiger partial charge in [-0.25, -0.2) is 13.2 Å². The molecule has 1 aromatic carbocycles. The Kier molecular flexibility index (Phi) is 39.7. The molecule has 33 heteroatoms. The third-order valence-electron chi connectivity index (χ3n) is 14.5. The fraction of sp³-hybridized carbons (Fsp3) is 0.763. The van der Waals surface area contributed by atoms with Crippen LogP contribution in [-0.4, -0.2) is 224 Å². The monoisotopic (exact) mass is 1330 g/mol. The van der Waals surface area contributed by atoms with Gasteiger partial charge in [0.15, 0.2) is 12.6 Å². The Hall–Kier alpha value is -5.85. The first kappa shape index (κ1) is 80.4. The molecule has 526 valence electrons. The lowest BCUT2D eigenvalue weighted by atomic mass is 9.97. The summed E-state index contributed by atoms with van der Waals surface area (Å²) >= 11 is 0. The highest BCUT2D eigenvalue weighted by Gasteiger charge is 2.46. The van der Waals surface area contributed by atoms with E-state index in [0.29, 0.717) is 64.2 Å². The van der Waals surface area contributed by atoms with Crippen LogP contribution in [0.15, 0.2) is 0 Å². The van der Waals surface area contributed by atoms with E-state index in [0.717, 1.165) is 19.3 Å². The number of rotatable bonds is 47. The molecule has 0 saturated carbocycles. The van der Waals surface area contributed by atoms with Gasteiger partial charge in [0.2, 0.25) is 76.2 Å². The molecule has 92 heavy (non-hydrogen) atoms. The van der Waals surface area contributed by atoms with E-state index in [2.05, 4.69) is 42.0 Å². The number of aliphatic hydroxyl groups is 6. The fourth-order valence-electron chi connectivity index (χ4n) is 9.51. The van der Waals surface area contributed by atoms with Gasteiger partial charge >= 0.3 is 5.97 Å². The Labute approximate surface area is 530 Å². The number of halogens is 5. The van der Waals surface area contributed by atoms with Crippen LogP contribution in [0.25, 0.3) is 0 Å². The topological polar surface area (TPSA) is 407 Å². The normalized spacial score (nSPS) is 21.3. The quantitative estimate of drug-likeness (QED) is 0.0102. The lowest BCUT2D eigenvalue weighted by Gasteiger charge is -2.42. The number of hydrogen-bond donors (Lipinski definition) is 13. The van der Waals surface area contributed by atoms with Gasteiger partial charge in [-0.2, -0.15) is 8.78 Å². The maximum Gasteiger partial charge on any atom is 0.311 e. The molecule has 2 aliphatic heterocycles. The number of aliphatic hydroxyl groups excluding tert-OH is 6. The molecule has 0 bridgehead atoms. The summed E-state index contributed by atoms with van der Waals surface area (Å²) in [6.07, 6.45) is -2.51. The van der Waals surface area contributed by atoms with Crippen molar-refractivity contribution in [3.05, 3.63) is 29.1 Å². The van der Waals surface area contributed by atoms with Crippen molar-refractivity contribution in [1.29, 1.82) is 0 Å². The lowest BCUT2D eigenvalue weighted by Crippen LogP contribution is -2.64. The predicted molar refractivity (Wildman–Crippen MR) is 312 cm³/mol. The minimum Gasteiger partial charge on any atom is -0.420 e. The summed E-state index contributed by atoms with van der Waals surface area (Å²) < 4.78 is 106. The number of amides is 7. The SMILES string of the molecule is CC(=O)N[C@H]1[C@H](OCCCCC(=O)NCCCNC(=O)CCOCC(COCCC(=O)NCCCNC(=O)CCCCO[C@@H]2O[C@H](CO)[C@H](O)[C@H](O)[C@H]2NC(C)=O)NC(=O)CCCCCCCCCCC(=O)Oc2c(F)c(F)c(F)c(F)c2F)O[C@H](CO)[C@H](O)[C@@H]1O. The zero-order valence-corrected chi connectivity index (χ0v) is 52.2. The summed E-state index contributed by atoms with van der Waals surface area (Å²) in [5, 5.41) is 79.0. The van der Waals surface area contributed by atoms with E-state index in [4.69, 9.17) is 28.4 Å². The molecular weight excluding hydrogens is 1240 g/mol. The van der Waals surface area contributed by atoms with E-state index in [9.17, 15) is 90.9 Å². The average Bonchev–Trinajstić information content (AvgIpc) is 0.855. The van der Waals surface area contributed by atoms with Crippen molar-refractivity contribution in [2.45, 2.75) is 210 Å². The van der Waals surface area contributed by atoms with Crippen molar-refractivity contribution < 1.29 is 124 Å². The van der Waals surface area contributed by atoms with E-state index >= 15 is 0 Å². The summed E-state index contributed by atoms with van der Waals surface area (Å²) in [7, 11) is 0. The van der Waals surface area contributed by atoms with Crippen molar-refractivity contribution in [2.24, 2.45) is 0 Å². The first-order valence-electron chi connectivity index (χ1n) is 31.2. The van der Waals surface area contributed by atoms with E-state index in [1.807, 2.05) is 0 Å². The maximum absolute atomic E-state index is 13.8. The second-order valence-corrected chi connectivity index (χ2v) is 22.2. The molecule has 2 saturated heterocycles. The third-order valence-corrected chi connectivity index (χ3v) is 14.5. The highest BCUT2D eigenvalue weighted by atomic mass is 19.2. The molecule has 0 unspecified atom stereocenters. The number of unbranched alkanes of at least 4 members (excludes halogenated alkanes) is 9. The maximum atomic E-state index is 13.8. The highest BCUT2D eigenvalue weighted by Crippen LogP contribution is 2.30. The zero-order chi connectivity index (χ0) is 68.0. The van der Waals surface area contributed by atoms with Crippen LogP contribution in [0.4, 0.5) is 22.0 Å². The van der Waals surface area contributed by atoms with E-state index in [1.54, 1.807) is 0 Å². The van der Waals surface area contributed by atoms with Crippen LogP contribution in [0, 0.1) is 29.1 Å². The van der Waals surface area contributed by atoms with Gasteiger partial charge in [0.1, 0.15) is 48.7 Å². The predicted octanol–water partition coefficient (Wildman–Crippen LogP) is -0.00710.